The highest BCUT2D eigenvalue weighted by molar-refractivity contribution is 8.00. The highest BCUT2D eigenvalue weighted by atomic mass is 32.2. The highest BCUT2D eigenvalue weighted by Gasteiger charge is 2.19. The smallest absolute Gasteiger partial charge is 0.176 e. The summed E-state index contributed by atoms with van der Waals surface area (Å²) >= 11 is 2.95. The predicted molar refractivity (Wildman–Crippen MR) is 83.7 cm³/mol. The fourth-order valence-corrected chi connectivity index (χ4v) is 3.10. The molecule has 0 atom stereocenters. The molecule has 108 valence electrons. The molecule has 0 fully saturated rings. The normalized spacial score (nSPS) is 11.7. The fourth-order valence-electron chi connectivity index (χ4n) is 1.45. The van der Waals surface area contributed by atoms with Crippen LogP contribution in [0.25, 0.3) is 0 Å². The number of rotatable bonds is 4. The summed E-state index contributed by atoms with van der Waals surface area (Å²) in [5.74, 6) is 2.54. The lowest BCUT2D eigenvalue weighted by Crippen LogP contribution is -2.17. The van der Waals surface area contributed by atoms with Gasteiger partial charge in [-0.3, -0.25) is 0 Å². The monoisotopic (exact) mass is 309 g/mol. The topological polar surface area (TPSA) is 63.6 Å². The van der Waals surface area contributed by atoms with E-state index in [4.69, 9.17) is 0 Å². The average Bonchev–Trinajstić information content (AvgIpc) is 2.85. The Kier molecular flexibility index (Phi) is 4.59. The largest absolute Gasteiger partial charge is 0.373 e. The van der Waals surface area contributed by atoms with Crippen molar-refractivity contribution in [1.82, 2.24) is 19.3 Å². The summed E-state index contributed by atoms with van der Waals surface area (Å²) in [5.41, 5.74) is -0.0854. The molecule has 5 nitrogen and oxygen atoms in total. The number of aromatic nitrogens is 4. The van der Waals surface area contributed by atoms with Crippen molar-refractivity contribution in [3.63, 3.8) is 0 Å². The molecule has 20 heavy (non-hydrogen) atoms. The van der Waals surface area contributed by atoms with Gasteiger partial charge in [0, 0.05) is 24.9 Å². The van der Waals surface area contributed by atoms with E-state index in [1.165, 1.54) is 23.3 Å². The van der Waals surface area contributed by atoms with Crippen molar-refractivity contribution in [2.24, 2.45) is 0 Å². The molecule has 0 aliphatic carbocycles. The third-order valence-corrected chi connectivity index (χ3v) is 4.29. The van der Waals surface area contributed by atoms with Gasteiger partial charge < -0.3 is 5.32 Å². The van der Waals surface area contributed by atoms with Gasteiger partial charge in [0.25, 0.3) is 0 Å². The van der Waals surface area contributed by atoms with Gasteiger partial charge >= 0.3 is 0 Å². The van der Waals surface area contributed by atoms with Crippen LogP contribution in [0.5, 0.6) is 0 Å². The van der Waals surface area contributed by atoms with E-state index in [2.05, 4.69) is 52.3 Å². The molecule has 2 aromatic rings. The molecule has 0 unspecified atom stereocenters. The van der Waals surface area contributed by atoms with E-state index in [1.54, 1.807) is 0 Å². The Hall–Kier alpha value is -1.21. The van der Waals surface area contributed by atoms with E-state index < -0.39 is 0 Å². The second kappa shape index (κ2) is 6.05. The molecule has 0 aromatic carbocycles. The summed E-state index contributed by atoms with van der Waals surface area (Å²) < 4.78 is 5.21. The molecule has 7 heteroatoms. The Balaban J connectivity index is 2.31. The standard InChI is InChI=1S/C13H19N5S2/c1-6-8-16-12(20-18-8)19-10-7-9(14-5)15-11(17-10)13(2,3)4/h7H,6H2,1-5H3,(H,14,15,17). The van der Waals surface area contributed by atoms with E-state index >= 15 is 0 Å². The summed E-state index contributed by atoms with van der Waals surface area (Å²) in [5, 5.41) is 3.98. The maximum absolute atomic E-state index is 4.63. The van der Waals surface area contributed by atoms with Gasteiger partial charge in [0.2, 0.25) is 0 Å². The van der Waals surface area contributed by atoms with Crippen LogP contribution in [-0.2, 0) is 11.8 Å². The van der Waals surface area contributed by atoms with Gasteiger partial charge in [0.05, 0.1) is 0 Å². The number of nitrogens with zero attached hydrogens (tertiary/aromatic N) is 4. The lowest BCUT2D eigenvalue weighted by atomic mass is 9.96. The zero-order valence-electron chi connectivity index (χ0n) is 12.4. The van der Waals surface area contributed by atoms with Crippen LogP contribution in [-0.4, -0.2) is 26.4 Å². The molecule has 0 aliphatic heterocycles. The van der Waals surface area contributed by atoms with Crippen LogP contribution in [0.1, 0.15) is 39.3 Å². The number of anilines is 1. The summed E-state index contributed by atoms with van der Waals surface area (Å²) in [6.45, 7) is 8.38. The van der Waals surface area contributed by atoms with Crippen LogP contribution < -0.4 is 5.32 Å². The zero-order chi connectivity index (χ0) is 14.8. The fraction of sp³-hybridized carbons (Fsp3) is 0.538. The molecular formula is C13H19N5S2. The second-order valence-corrected chi connectivity index (χ2v) is 7.37. The van der Waals surface area contributed by atoms with E-state index in [9.17, 15) is 0 Å². The molecule has 2 rings (SSSR count). The van der Waals surface area contributed by atoms with Crippen molar-refractivity contribution in [3.8, 4) is 0 Å². The summed E-state index contributed by atoms with van der Waals surface area (Å²) in [7, 11) is 1.86. The van der Waals surface area contributed by atoms with E-state index in [1.807, 2.05) is 13.1 Å². The van der Waals surface area contributed by atoms with Gasteiger partial charge in [-0.15, -0.1) is 0 Å². The molecule has 0 bridgehead atoms. The molecular weight excluding hydrogens is 290 g/mol. The Morgan fingerprint density at radius 1 is 1.25 bits per heavy atom. The van der Waals surface area contributed by atoms with E-state index in [-0.39, 0.29) is 5.41 Å². The quantitative estimate of drug-likeness (QED) is 0.874. The van der Waals surface area contributed by atoms with Gasteiger partial charge in [0.15, 0.2) is 4.34 Å². The lowest BCUT2D eigenvalue weighted by molar-refractivity contribution is 0.539. The second-order valence-electron chi connectivity index (χ2n) is 5.35. The minimum Gasteiger partial charge on any atom is -0.373 e. The maximum Gasteiger partial charge on any atom is 0.176 e. The van der Waals surface area contributed by atoms with Crippen molar-refractivity contribution in [2.45, 2.75) is 48.9 Å². The summed E-state index contributed by atoms with van der Waals surface area (Å²) in [6.07, 6.45) is 0.857. The first-order valence-corrected chi connectivity index (χ1v) is 8.09. The number of hydrogen-bond donors (Lipinski definition) is 1. The highest BCUT2D eigenvalue weighted by Crippen LogP contribution is 2.30. The molecule has 2 aromatic heterocycles. The van der Waals surface area contributed by atoms with Gasteiger partial charge in [0.1, 0.15) is 22.5 Å². The van der Waals surface area contributed by atoms with Gasteiger partial charge in [-0.2, -0.15) is 4.37 Å². The first kappa shape index (κ1) is 15.2. The van der Waals surface area contributed by atoms with E-state index in [0.717, 1.165) is 33.3 Å². The van der Waals surface area contributed by atoms with Crippen LogP contribution in [0.4, 0.5) is 5.82 Å². The Labute approximate surface area is 127 Å². The van der Waals surface area contributed by atoms with Crippen molar-refractivity contribution in [2.75, 3.05) is 12.4 Å². The first-order valence-electron chi connectivity index (χ1n) is 6.50. The maximum atomic E-state index is 4.63. The van der Waals surface area contributed by atoms with Crippen LogP contribution in [0.2, 0.25) is 0 Å². The zero-order valence-corrected chi connectivity index (χ0v) is 14.0. The van der Waals surface area contributed by atoms with Crippen LogP contribution in [0.3, 0.4) is 0 Å². The molecule has 0 aliphatic rings. The lowest BCUT2D eigenvalue weighted by Gasteiger charge is -2.18. The van der Waals surface area contributed by atoms with Crippen LogP contribution in [0, 0.1) is 0 Å². The molecule has 0 radical (unpaired) electrons. The Morgan fingerprint density at radius 2 is 2.00 bits per heavy atom. The SMILES string of the molecule is CCc1nsc(Sc2cc(NC)nc(C(C)(C)C)n2)n1. The molecule has 0 spiro atoms. The molecule has 0 saturated carbocycles. The Bertz CT molecular complexity index is 589. The van der Waals surface area contributed by atoms with E-state index in [0.29, 0.717) is 0 Å². The van der Waals surface area contributed by atoms with Gasteiger partial charge in [-0.1, -0.05) is 27.7 Å². The molecule has 1 N–H and O–H groups in total. The number of nitrogens with one attached hydrogen (secondary N) is 1. The summed E-state index contributed by atoms with van der Waals surface area (Å²) in [4.78, 5) is 13.6. The first-order chi connectivity index (χ1) is 9.42. The Morgan fingerprint density at radius 3 is 2.55 bits per heavy atom. The molecule has 0 saturated heterocycles. The third-order valence-electron chi connectivity index (χ3n) is 2.59. The van der Waals surface area contributed by atoms with Gasteiger partial charge in [-0.05, 0) is 23.3 Å². The van der Waals surface area contributed by atoms with Crippen molar-refractivity contribution < 1.29 is 0 Å². The molecule has 2 heterocycles. The van der Waals surface area contributed by atoms with Crippen LogP contribution in [0.15, 0.2) is 15.4 Å². The third kappa shape index (κ3) is 3.67. The predicted octanol–water partition coefficient (Wildman–Crippen LogP) is 3.38. The minimum absolute atomic E-state index is 0.0854. The summed E-state index contributed by atoms with van der Waals surface area (Å²) in [6, 6.07) is 1.94. The number of aryl methyl sites for hydroxylation is 1. The van der Waals surface area contributed by atoms with Crippen LogP contribution >= 0.6 is 23.3 Å². The van der Waals surface area contributed by atoms with Gasteiger partial charge in [-0.25, -0.2) is 15.0 Å². The average molecular weight is 309 g/mol. The number of hydrogen-bond acceptors (Lipinski definition) is 7. The van der Waals surface area contributed by atoms with Crippen molar-refractivity contribution in [1.29, 1.82) is 0 Å². The van der Waals surface area contributed by atoms with Crippen molar-refractivity contribution >= 4 is 29.1 Å². The molecule has 0 amide bonds. The minimum atomic E-state index is -0.0854. The van der Waals surface area contributed by atoms with Crippen molar-refractivity contribution in [3.05, 3.63) is 17.7 Å².